The van der Waals surface area contributed by atoms with Crippen LogP contribution in [0, 0.1) is 0 Å². The monoisotopic (exact) mass is 275 g/mol. The van der Waals surface area contributed by atoms with Crippen molar-refractivity contribution in [2.45, 2.75) is 38.7 Å². The molecule has 0 saturated carbocycles. The Morgan fingerprint density at radius 1 is 1.40 bits per heavy atom. The van der Waals surface area contributed by atoms with Gasteiger partial charge in [0.1, 0.15) is 6.61 Å². The summed E-state index contributed by atoms with van der Waals surface area (Å²) < 4.78 is 11.6. The van der Waals surface area contributed by atoms with Gasteiger partial charge in [0.15, 0.2) is 11.5 Å². The smallest absolute Gasteiger partial charge is 0.161 e. The van der Waals surface area contributed by atoms with Gasteiger partial charge < -0.3 is 14.8 Å². The van der Waals surface area contributed by atoms with Gasteiger partial charge >= 0.3 is 0 Å². The minimum atomic E-state index is 0.140. The molecule has 0 aromatic heterocycles. The van der Waals surface area contributed by atoms with Crippen LogP contribution in [-0.2, 0) is 0 Å². The number of hydrogen-bond donors (Lipinski definition) is 1. The first-order chi connectivity index (χ1) is 9.70. The van der Waals surface area contributed by atoms with Crippen molar-refractivity contribution in [1.82, 2.24) is 5.32 Å². The number of nitrogens with one attached hydrogen (secondary N) is 1. The molecular formula is C17H25NO2. The van der Waals surface area contributed by atoms with Gasteiger partial charge in [0.25, 0.3) is 0 Å². The van der Waals surface area contributed by atoms with Gasteiger partial charge in [0.2, 0.25) is 0 Å². The number of hydrogen-bond acceptors (Lipinski definition) is 3. The number of rotatable bonds is 6. The Hall–Kier alpha value is -1.48. The zero-order valence-corrected chi connectivity index (χ0v) is 12.5. The third kappa shape index (κ3) is 4.01. The van der Waals surface area contributed by atoms with Gasteiger partial charge in [-0.15, -0.1) is 0 Å². The maximum atomic E-state index is 5.89. The van der Waals surface area contributed by atoms with E-state index in [1.54, 1.807) is 6.08 Å². The Morgan fingerprint density at radius 3 is 2.90 bits per heavy atom. The molecule has 1 saturated heterocycles. The normalized spacial score (nSPS) is 18.9. The fraction of sp³-hybridized carbons (Fsp3) is 0.529. The summed E-state index contributed by atoms with van der Waals surface area (Å²) in [6.45, 7) is 10.4. The first-order valence-electron chi connectivity index (χ1n) is 7.45. The van der Waals surface area contributed by atoms with Crippen LogP contribution in [0.5, 0.6) is 11.5 Å². The first-order valence-corrected chi connectivity index (χ1v) is 7.45. The van der Waals surface area contributed by atoms with Crippen molar-refractivity contribution in [3.8, 4) is 11.5 Å². The molecule has 1 aromatic rings. The first kappa shape index (κ1) is 14.9. The summed E-state index contributed by atoms with van der Waals surface area (Å²) in [6, 6.07) is 6.31. The van der Waals surface area contributed by atoms with Crippen molar-refractivity contribution in [3.63, 3.8) is 0 Å². The zero-order chi connectivity index (χ0) is 14.4. The quantitative estimate of drug-likeness (QED) is 0.806. The Morgan fingerprint density at radius 2 is 2.25 bits per heavy atom. The average molecular weight is 275 g/mol. The molecule has 1 unspecified atom stereocenters. The van der Waals surface area contributed by atoms with E-state index in [4.69, 9.17) is 9.47 Å². The zero-order valence-electron chi connectivity index (χ0n) is 12.5. The highest BCUT2D eigenvalue weighted by atomic mass is 16.5. The van der Waals surface area contributed by atoms with Crippen molar-refractivity contribution < 1.29 is 9.47 Å². The predicted octanol–water partition coefficient (Wildman–Crippen LogP) is 3.51. The van der Waals surface area contributed by atoms with Crippen LogP contribution >= 0.6 is 0 Å². The molecular weight excluding hydrogens is 250 g/mol. The Labute approximate surface area is 122 Å². The molecule has 3 heteroatoms. The summed E-state index contributed by atoms with van der Waals surface area (Å²) in [5.74, 6) is 2.21. The molecule has 0 radical (unpaired) electrons. The number of ether oxygens (including phenoxy) is 2. The van der Waals surface area contributed by atoms with Crippen LogP contribution in [0.3, 0.4) is 0 Å². The predicted molar refractivity (Wildman–Crippen MR) is 82.7 cm³/mol. The standard InChI is InChI=1S/C17H25NO2/c1-4-10-19-16-8-7-14(11-17(16)20-13(2)3)15-6-5-9-18-12-15/h4,7-8,11,13,15,18H,1,5-6,9-10,12H2,2-3H3. The maximum Gasteiger partial charge on any atom is 0.161 e. The van der Waals surface area contributed by atoms with Crippen molar-refractivity contribution in [2.75, 3.05) is 19.7 Å². The van der Waals surface area contributed by atoms with Gasteiger partial charge in [-0.1, -0.05) is 18.7 Å². The minimum Gasteiger partial charge on any atom is -0.487 e. The van der Waals surface area contributed by atoms with Gasteiger partial charge in [-0.25, -0.2) is 0 Å². The lowest BCUT2D eigenvalue weighted by atomic mass is 9.91. The molecule has 1 atom stereocenters. The van der Waals surface area contributed by atoms with Crippen molar-refractivity contribution in [1.29, 1.82) is 0 Å². The average Bonchev–Trinajstić information content (AvgIpc) is 2.46. The number of benzene rings is 1. The van der Waals surface area contributed by atoms with Crippen molar-refractivity contribution in [2.24, 2.45) is 0 Å². The van der Waals surface area contributed by atoms with Crippen molar-refractivity contribution in [3.05, 3.63) is 36.4 Å². The van der Waals surface area contributed by atoms with E-state index in [0.717, 1.165) is 24.6 Å². The van der Waals surface area contributed by atoms with E-state index < -0.39 is 0 Å². The van der Waals surface area contributed by atoms with E-state index in [2.05, 4.69) is 24.0 Å². The van der Waals surface area contributed by atoms with Crippen LogP contribution in [0.2, 0.25) is 0 Å². The summed E-state index contributed by atoms with van der Waals surface area (Å²) in [5, 5.41) is 3.46. The fourth-order valence-electron chi connectivity index (χ4n) is 2.53. The SMILES string of the molecule is C=CCOc1ccc(C2CCCNC2)cc1OC(C)C. The molecule has 0 amide bonds. The summed E-state index contributed by atoms with van der Waals surface area (Å²) >= 11 is 0. The topological polar surface area (TPSA) is 30.5 Å². The molecule has 1 aliphatic rings. The highest BCUT2D eigenvalue weighted by molar-refractivity contribution is 5.44. The molecule has 1 aliphatic heterocycles. The third-order valence-electron chi connectivity index (χ3n) is 3.46. The highest BCUT2D eigenvalue weighted by Gasteiger charge is 2.17. The van der Waals surface area contributed by atoms with Crippen LogP contribution < -0.4 is 14.8 Å². The number of piperidine rings is 1. The van der Waals surface area contributed by atoms with E-state index in [9.17, 15) is 0 Å². The second-order valence-electron chi connectivity index (χ2n) is 5.52. The summed E-state index contributed by atoms with van der Waals surface area (Å²) in [7, 11) is 0. The lowest BCUT2D eigenvalue weighted by Crippen LogP contribution is -2.28. The van der Waals surface area contributed by atoms with E-state index in [1.807, 2.05) is 19.9 Å². The highest BCUT2D eigenvalue weighted by Crippen LogP contribution is 2.33. The Bertz CT molecular complexity index is 437. The Balaban J connectivity index is 2.19. The van der Waals surface area contributed by atoms with Crippen LogP contribution in [-0.4, -0.2) is 25.8 Å². The molecule has 2 rings (SSSR count). The second kappa shape index (κ2) is 7.34. The summed E-state index contributed by atoms with van der Waals surface area (Å²) in [5.41, 5.74) is 1.33. The van der Waals surface area contributed by atoms with Crippen LogP contribution in [0.4, 0.5) is 0 Å². The van der Waals surface area contributed by atoms with Gasteiger partial charge in [0.05, 0.1) is 6.10 Å². The van der Waals surface area contributed by atoms with Gasteiger partial charge in [0, 0.05) is 6.54 Å². The second-order valence-corrected chi connectivity index (χ2v) is 5.52. The largest absolute Gasteiger partial charge is 0.487 e. The van der Waals surface area contributed by atoms with Gasteiger partial charge in [-0.2, -0.15) is 0 Å². The van der Waals surface area contributed by atoms with E-state index in [-0.39, 0.29) is 6.10 Å². The van der Waals surface area contributed by atoms with Crippen LogP contribution in [0.15, 0.2) is 30.9 Å². The molecule has 1 heterocycles. The fourth-order valence-corrected chi connectivity index (χ4v) is 2.53. The lowest BCUT2D eigenvalue weighted by molar-refractivity contribution is 0.226. The molecule has 1 fully saturated rings. The van der Waals surface area contributed by atoms with E-state index in [1.165, 1.54) is 18.4 Å². The molecule has 1 N–H and O–H groups in total. The molecule has 1 aromatic carbocycles. The summed E-state index contributed by atoms with van der Waals surface area (Å²) in [6.07, 6.45) is 4.36. The third-order valence-corrected chi connectivity index (χ3v) is 3.46. The maximum absolute atomic E-state index is 5.89. The molecule has 0 spiro atoms. The van der Waals surface area contributed by atoms with Crippen LogP contribution in [0.1, 0.15) is 38.2 Å². The van der Waals surface area contributed by atoms with E-state index >= 15 is 0 Å². The van der Waals surface area contributed by atoms with Crippen LogP contribution in [0.25, 0.3) is 0 Å². The minimum absolute atomic E-state index is 0.140. The van der Waals surface area contributed by atoms with E-state index in [0.29, 0.717) is 12.5 Å². The molecule has 110 valence electrons. The molecule has 0 bridgehead atoms. The molecule has 3 nitrogen and oxygen atoms in total. The van der Waals surface area contributed by atoms with Gasteiger partial charge in [-0.3, -0.25) is 0 Å². The van der Waals surface area contributed by atoms with Gasteiger partial charge in [-0.05, 0) is 56.8 Å². The molecule has 0 aliphatic carbocycles. The Kier molecular flexibility index (Phi) is 5.48. The molecule has 20 heavy (non-hydrogen) atoms. The van der Waals surface area contributed by atoms with Crippen molar-refractivity contribution >= 4 is 0 Å². The summed E-state index contributed by atoms with van der Waals surface area (Å²) in [4.78, 5) is 0. The lowest BCUT2D eigenvalue weighted by Gasteiger charge is -2.24.